The first-order chi connectivity index (χ1) is 11.6. The first-order valence-electron chi connectivity index (χ1n) is 7.27. The fraction of sp³-hybridized carbons (Fsp3) is 0.118. The molecule has 2 N–H and O–H groups in total. The molecular formula is C17H15ClN4O2. The van der Waals surface area contributed by atoms with Crippen molar-refractivity contribution in [3.63, 3.8) is 0 Å². The van der Waals surface area contributed by atoms with Crippen LogP contribution in [0.25, 0.3) is 0 Å². The van der Waals surface area contributed by atoms with E-state index in [1.807, 2.05) is 25.1 Å². The lowest BCUT2D eigenvalue weighted by atomic mass is 10.2. The number of aromatic hydroxyl groups is 1. The number of rotatable bonds is 4. The van der Waals surface area contributed by atoms with Crippen LogP contribution in [-0.2, 0) is 6.54 Å². The topological polar surface area (TPSA) is 80.0 Å². The van der Waals surface area contributed by atoms with Crippen molar-refractivity contribution in [2.45, 2.75) is 13.5 Å². The highest BCUT2D eigenvalue weighted by Crippen LogP contribution is 2.22. The summed E-state index contributed by atoms with van der Waals surface area (Å²) < 4.78 is 1.65. The molecule has 0 radical (unpaired) electrons. The lowest BCUT2D eigenvalue weighted by Gasteiger charge is -2.11. The Morgan fingerprint density at radius 3 is 2.83 bits per heavy atom. The lowest BCUT2D eigenvalue weighted by Crippen LogP contribution is -2.18. The van der Waals surface area contributed by atoms with Gasteiger partial charge in [0, 0.05) is 16.8 Å². The van der Waals surface area contributed by atoms with E-state index in [4.69, 9.17) is 11.6 Å². The van der Waals surface area contributed by atoms with E-state index in [2.05, 4.69) is 15.4 Å². The van der Waals surface area contributed by atoms with Gasteiger partial charge in [0.2, 0.25) is 0 Å². The van der Waals surface area contributed by atoms with E-state index < -0.39 is 5.91 Å². The van der Waals surface area contributed by atoms with Crippen LogP contribution >= 0.6 is 11.6 Å². The predicted octanol–water partition coefficient (Wildman–Crippen LogP) is 3.25. The highest BCUT2D eigenvalue weighted by Gasteiger charge is 2.17. The molecule has 1 aromatic carbocycles. The number of aryl methyl sites for hydroxylation is 1. The van der Waals surface area contributed by atoms with E-state index in [-0.39, 0.29) is 11.4 Å². The highest BCUT2D eigenvalue weighted by molar-refractivity contribution is 6.31. The Labute approximate surface area is 143 Å². The summed E-state index contributed by atoms with van der Waals surface area (Å²) in [4.78, 5) is 16.3. The Bertz CT molecular complexity index is 892. The van der Waals surface area contributed by atoms with E-state index in [0.29, 0.717) is 17.4 Å². The zero-order valence-corrected chi connectivity index (χ0v) is 13.7. The molecule has 0 aliphatic heterocycles. The van der Waals surface area contributed by atoms with Crippen molar-refractivity contribution in [1.29, 1.82) is 0 Å². The lowest BCUT2D eigenvalue weighted by molar-refractivity contribution is 0.101. The van der Waals surface area contributed by atoms with Crippen LogP contribution in [0.2, 0.25) is 5.02 Å². The number of amides is 1. The number of halogens is 1. The fourth-order valence-corrected chi connectivity index (χ4v) is 2.48. The normalized spacial score (nSPS) is 10.6. The average molecular weight is 343 g/mol. The number of pyridine rings is 1. The molecule has 2 heterocycles. The number of nitrogens with zero attached hydrogens (tertiary/aromatic N) is 3. The summed E-state index contributed by atoms with van der Waals surface area (Å²) >= 11 is 6.18. The molecule has 0 atom stereocenters. The van der Waals surface area contributed by atoms with Gasteiger partial charge in [-0.05, 0) is 30.7 Å². The number of benzene rings is 1. The minimum atomic E-state index is -0.503. The second-order valence-corrected chi connectivity index (χ2v) is 5.66. The average Bonchev–Trinajstić information content (AvgIpc) is 2.90. The van der Waals surface area contributed by atoms with Gasteiger partial charge in [0.25, 0.3) is 5.91 Å². The molecule has 122 valence electrons. The minimum Gasteiger partial charge on any atom is -0.505 e. The second kappa shape index (κ2) is 6.72. The minimum absolute atomic E-state index is 0.0395. The van der Waals surface area contributed by atoms with Crippen LogP contribution in [0.3, 0.4) is 0 Å². The number of carbonyl (C=O) groups is 1. The van der Waals surface area contributed by atoms with Crippen molar-refractivity contribution in [2.24, 2.45) is 0 Å². The van der Waals surface area contributed by atoms with Crippen molar-refractivity contribution in [1.82, 2.24) is 14.8 Å². The van der Waals surface area contributed by atoms with Crippen LogP contribution in [0.15, 0.2) is 48.8 Å². The maximum absolute atomic E-state index is 12.4. The monoisotopic (exact) mass is 342 g/mol. The smallest absolute Gasteiger partial charge is 0.279 e. The summed E-state index contributed by atoms with van der Waals surface area (Å²) in [7, 11) is 0. The molecule has 1 amide bonds. The van der Waals surface area contributed by atoms with Crippen LogP contribution in [-0.4, -0.2) is 25.8 Å². The van der Waals surface area contributed by atoms with Gasteiger partial charge in [-0.25, -0.2) is 9.67 Å². The number of hydrogen-bond donors (Lipinski definition) is 2. The number of carbonyl (C=O) groups excluding carboxylic acids is 1. The molecule has 0 unspecified atom stereocenters. The van der Waals surface area contributed by atoms with Crippen molar-refractivity contribution < 1.29 is 9.90 Å². The Kier molecular flexibility index (Phi) is 4.48. The third-order valence-corrected chi connectivity index (χ3v) is 3.90. The van der Waals surface area contributed by atoms with Crippen molar-refractivity contribution >= 4 is 23.3 Å². The molecule has 3 aromatic rings. The number of anilines is 1. The molecule has 0 aliphatic carbocycles. The molecule has 6 nitrogen and oxygen atoms in total. The second-order valence-electron chi connectivity index (χ2n) is 5.25. The largest absolute Gasteiger partial charge is 0.505 e. The number of aromatic nitrogens is 3. The van der Waals surface area contributed by atoms with Crippen LogP contribution in [0.1, 0.15) is 21.6 Å². The maximum Gasteiger partial charge on any atom is 0.279 e. The molecule has 3 rings (SSSR count). The van der Waals surface area contributed by atoms with E-state index in [1.165, 1.54) is 12.3 Å². The van der Waals surface area contributed by atoms with E-state index in [1.54, 1.807) is 23.0 Å². The zero-order valence-electron chi connectivity index (χ0n) is 12.9. The van der Waals surface area contributed by atoms with E-state index in [9.17, 15) is 9.90 Å². The molecule has 0 fully saturated rings. The molecule has 24 heavy (non-hydrogen) atoms. The predicted molar refractivity (Wildman–Crippen MR) is 91.4 cm³/mol. The Morgan fingerprint density at radius 1 is 1.29 bits per heavy atom. The first kappa shape index (κ1) is 16.0. The van der Waals surface area contributed by atoms with Gasteiger partial charge in [0.05, 0.1) is 12.7 Å². The summed E-state index contributed by atoms with van der Waals surface area (Å²) in [6, 6.07) is 10.4. The van der Waals surface area contributed by atoms with Gasteiger partial charge in [0.15, 0.2) is 5.69 Å². The summed E-state index contributed by atoms with van der Waals surface area (Å²) in [5.74, 6) is -0.146. The summed E-state index contributed by atoms with van der Waals surface area (Å²) in [5, 5.41) is 17.4. The van der Waals surface area contributed by atoms with Gasteiger partial charge in [-0.2, -0.15) is 5.10 Å². The molecule has 0 bridgehead atoms. The van der Waals surface area contributed by atoms with Gasteiger partial charge >= 0.3 is 0 Å². The first-order valence-corrected chi connectivity index (χ1v) is 7.65. The number of nitrogens with one attached hydrogen (secondary N) is 1. The standard InChI is InChI=1S/C17H15ClN4O2/c1-11-9-20-22(10-12-5-2-3-6-13(12)18)16(11)21-17(24)15-14(23)7-4-8-19-15/h2-9,23H,10H2,1H3,(H,21,24). The van der Waals surface area contributed by atoms with E-state index in [0.717, 1.165) is 11.1 Å². The number of hydrogen-bond acceptors (Lipinski definition) is 4. The molecule has 0 spiro atoms. The van der Waals surface area contributed by atoms with Crippen molar-refractivity contribution in [2.75, 3.05) is 5.32 Å². The maximum atomic E-state index is 12.4. The van der Waals surface area contributed by atoms with Crippen molar-refractivity contribution in [3.05, 3.63) is 70.6 Å². The quantitative estimate of drug-likeness (QED) is 0.762. The Morgan fingerprint density at radius 2 is 2.08 bits per heavy atom. The fourth-order valence-electron chi connectivity index (χ4n) is 2.29. The van der Waals surface area contributed by atoms with Gasteiger partial charge in [-0.3, -0.25) is 4.79 Å². The van der Waals surface area contributed by atoms with Gasteiger partial charge < -0.3 is 10.4 Å². The molecule has 0 saturated carbocycles. The van der Waals surface area contributed by atoms with Gasteiger partial charge in [0.1, 0.15) is 11.6 Å². The molecule has 0 saturated heterocycles. The van der Waals surface area contributed by atoms with Crippen molar-refractivity contribution in [3.8, 4) is 5.75 Å². The summed E-state index contributed by atoms with van der Waals surface area (Å²) in [5.41, 5.74) is 1.65. The Hall–Kier alpha value is -2.86. The molecule has 7 heteroatoms. The zero-order chi connectivity index (χ0) is 17.1. The Balaban J connectivity index is 1.87. The molecule has 2 aromatic heterocycles. The van der Waals surface area contributed by atoms with Gasteiger partial charge in [-0.1, -0.05) is 29.8 Å². The third-order valence-electron chi connectivity index (χ3n) is 3.53. The molecule has 0 aliphatic rings. The third kappa shape index (κ3) is 3.23. The summed E-state index contributed by atoms with van der Waals surface area (Å²) in [6.45, 7) is 2.25. The van der Waals surface area contributed by atoms with Crippen LogP contribution in [0.4, 0.5) is 5.82 Å². The molecular weight excluding hydrogens is 328 g/mol. The highest BCUT2D eigenvalue weighted by atomic mass is 35.5. The van der Waals surface area contributed by atoms with Crippen LogP contribution < -0.4 is 5.32 Å². The van der Waals surface area contributed by atoms with Crippen LogP contribution in [0.5, 0.6) is 5.75 Å². The van der Waals surface area contributed by atoms with E-state index >= 15 is 0 Å². The summed E-state index contributed by atoms with van der Waals surface area (Å²) in [6.07, 6.45) is 3.10. The van der Waals surface area contributed by atoms with Gasteiger partial charge in [-0.15, -0.1) is 0 Å². The van der Waals surface area contributed by atoms with Crippen LogP contribution in [0, 0.1) is 6.92 Å². The SMILES string of the molecule is Cc1cnn(Cc2ccccc2Cl)c1NC(=O)c1ncccc1O.